The molecule has 2 heterocycles. The second-order valence-electron chi connectivity index (χ2n) is 4.78. The van der Waals surface area contributed by atoms with Gasteiger partial charge in [-0.15, -0.1) is 0 Å². The van der Waals surface area contributed by atoms with Crippen molar-refractivity contribution < 1.29 is 14.6 Å². The lowest BCUT2D eigenvalue weighted by atomic mass is 10.2. The third-order valence-corrected chi connectivity index (χ3v) is 3.41. The van der Waals surface area contributed by atoms with Crippen LogP contribution < -0.4 is 10.5 Å². The molecule has 0 radical (unpaired) electrons. The third kappa shape index (κ3) is 3.58. The molecule has 0 saturated carbocycles. The van der Waals surface area contributed by atoms with E-state index < -0.39 is 11.5 Å². The quantitative estimate of drug-likeness (QED) is 0.713. The highest BCUT2D eigenvalue weighted by molar-refractivity contribution is 5.66. The van der Waals surface area contributed by atoms with Crippen molar-refractivity contribution in [3.05, 3.63) is 22.1 Å². The highest BCUT2D eigenvalue weighted by Gasteiger charge is 2.27. The predicted octanol–water partition coefficient (Wildman–Crippen LogP) is 0.102. The van der Waals surface area contributed by atoms with Crippen molar-refractivity contribution in [1.82, 2.24) is 10.2 Å². The molecule has 21 heavy (non-hydrogen) atoms. The molecule has 0 aromatic carbocycles. The summed E-state index contributed by atoms with van der Waals surface area (Å²) < 4.78 is 5.37. The number of nitrogens with one attached hydrogen (secondary N) is 1. The zero-order valence-electron chi connectivity index (χ0n) is 11.4. The number of aliphatic carboxylic acids is 1. The standard InChI is InChI=1S/C13H16N4O4/c14-6-10-11(7-15-16-13(10)20)17-4-1-2-9(17)8-21-5-3-12(18)19/h7,9H,1-5,8H2,(H,16,20)(H,18,19)/t9-/m0/s1. The molecular weight excluding hydrogens is 276 g/mol. The molecule has 2 N–H and O–H groups in total. The van der Waals surface area contributed by atoms with Crippen LogP contribution in [0.1, 0.15) is 24.8 Å². The molecule has 1 fully saturated rings. The van der Waals surface area contributed by atoms with Gasteiger partial charge in [-0.2, -0.15) is 10.4 Å². The van der Waals surface area contributed by atoms with Crippen LogP contribution in [-0.2, 0) is 9.53 Å². The monoisotopic (exact) mass is 292 g/mol. The Kier molecular flexibility index (Phi) is 4.90. The van der Waals surface area contributed by atoms with E-state index in [0.717, 1.165) is 12.8 Å². The number of carbonyl (C=O) groups is 1. The van der Waals surface area contributed by atoms with Crippen molar-refractivity contribution in [1.29, 1.82) is 5.26 Å². The summed E-state index contributed by atoms with van der Waals surface area (Å²) in [5.74, 6) is -0.899. The highest BCUT2D eigenvalue weighted by atomic mass is 16.5. The largest absolute Gasteiger partial charge is 0.481 e. The number of anilines is 1. The van der Waals surface area contributed by atoms with E-state index >= 15 is 0 Å². The zero-order valence-corrected chi connectivity index (χ0v) is 11.4. The van der Waals surface area contributed by atoms with Crippen LogP contribution in [0.15, 0.2) is 11.0 Å². The number of carboxylic acids is 1. The van der Waals surface area contributed by atoms with E-state index in [2.05, 4.69) is 10.2 Å². The van der Waals surface area contributed by atoms with Gasteiger partial charge in [-0.3, -0.25) is 9.59 Å². The van der Waals surface area contributed by atoms with Gasteiger partial charge in [0.25, 0.3) is 5.56 Å². The summed E-state index contributed by atoms with van der Waals surface area (Å²) in [6.07, 6.45) is 3.22. The van der Waals surface area contributed by atoms with Gasteiger partial charge in [-0.25, -0.2) is 5.10 Å². The van der Waals surface area contributed by atoms with Gasteiger partial charge in [0.1, 0.15) is 11.6 Å². The van der Waals surface area contributed by atoms with Gasteiger partial charge in [0.15, 0.2) is 0 Å². The number of rotatable bonds is 6. The van der Waals surface area contributed by atoms with E-state index in [9.17, 15) is 9.59 Å². The van der Waals surface area contributed by atoms with E-state index in [0.29, 0.717) is 18.8 Å². The number of hydrogen-bond acceptors (Lipinski definition) is 6. The summed E-state index contributed by atoms with van der Waals surface area (Å²) in [5.41, 5.74) is 0.0421. The molecule has 0 spiro atoms. The SMILES string of the molecule is N#Cc1c(N2CCC[C@H]2COCCC(=O)O)cn[nH]c1=O. The minimum Gasteiger partial charge on any atom is -0.481 e. The summed E-state index contributed by atoms with van der Waals surface area (Å²) in [6.45, 7) is 1.23. The van der Waals surface area contributed by atoms with E-state index in [-0.39, 0.29) is 24.6 Å². The highest BCUT2D eigenvalue weighted by Crippen LogP contribution is 2.26. The van der Waals surface area contributed by atoms with Crippen molar-refractivity contribution >= 4 is 11.7 Å². The molecule has 1 aromatic rings. The van der Waals surface area contributed by atoms with Crippen LogP contribution in [0.3, 0.4) is 0 Å². The van der Waals surface area contributed by atoms with Crippen molar-refractivity contribution in [3.8, 4) is 6.07 Å². The van der Waals surface area contributed by atoms with E-state index in [1.54, 1.807) is 0 Å². The third-order valence-electron chi connectivity index (χ3n) is 3.41. The first-order valence-electron chi connectivity index (χ1n) is 6.67. The van der Waals surface area contributed by atoms with Gasteiger partial charge in [0.2, 0.25) is 0 Å². The number of hydrogen-bond donors (Lipinski definition) is 2. The molecule has 8 nitrogen and oxygen atoms in total. The molecule has 1 atom stereocenters. The first kappa shape index (κ1) is 15.0. The Balaban J connectivity index is 2.05. The van der Waals surface area contributed by atoms with Crippen LogP contribution in [0, 0.1) is 11.3 Å². The maximum absolute atomic E-state index is 11.6. The van der Waals surface area contributed by atoms with Crippen molar-refractivity contribution in [2.24, 2.45) is 0 Å². The fraction of sp³-hybridized carbons (Fsp3) is 0.538. The number of nitrogens with zero attached hydrogens (tertiary/aromatic N) is 3. The van der Waals surface area contributed by atoms with Crippen LogP contribution in [0.4, 0.5) is 5.69 Å². The Morgan fingerprint density at radius 3 is 3.19 bits per heavy atom. The minimum atomic E-state index is -0.899. The van der Waals surface area contributed by atoms with Crippen LogP contribution in [0.2, 0.25) is 0 Å². The van der Waals surface area contributed by atoms with Gasteiger partial charge >= 0.3 is 5.97 Å². The molecule has 1 aliphatic rings. The van der Waals surface area contributed by atoms with E-state index in [1.165, 1.54) is 6.20 Å². The van der Waals surface area contributed by atoms with Crippen LogP contribution in [0.5, 0.6) is 0 Å². The molecule has 0 amide bonds. The molecule has 112 valence electrons. The van der Waals surface area contributed by atoms with Gasteiger partial charge < -0.3 is 14.7 Å². The lowest BCUT2D eigenvalue weighted by Gasteiger charge is -2.26. The van der Waals surface area contributed by atoms with E-state index in [4.69, 9.17) is 15.1 Å². The number of nitriles is 1. The fourth-order valence-electron chi connectivity index (χ4n) is 2.42. The Hall–Kier alpha value is -2.40. The molecule has 1 aromatic heterocycles. The summed E-state index contributed by atoms with van der Waals surface area (Å²) in [6, 6.07) is 1.92. The predicted molar refractivity (Wildman–Crippen MR) is 73.0 cm³/mol. The van der Waals surface area contributed by atoms with Crippen molar-refractivity contribution in [2.45, 2.75) is 25.3 Å². The Morgan fingerprint density at radius 2 is 2.48 bits per heavy atom. The first-order valence-corrected chi connectivity index (χ1v) is 6.67. The maximum atomic E-state index is 11.6. The summed E-state index contributed by atoms with van der Waals surface area (Å²) in [4.78, 5) is 24.0. The second-order valence-corrected chi connectivity index (χ2v) is 4.78. The number of H-pyrrole nitrogens is 1. The molecular formula is C13H16N4O4. The Bertz CT molecular complexity index is 607. The average Bonchev–Trinajstić information content (AvgIpc) is 2.91. The van der Waals surface area contributed by atoms with Crippen molar-refractivity contribution in [3.63, 3.8) is 0 Å². The second kappa shape index (κ2) is 6.85. The zero-order chi connectivity index (χ0) is 15.2. The van der Waals surface area contributed by atoms with Crippen LogP contribution >= 0.6 is 0 Å². The number of ether oxygens (including phenoxy) is 1. The molecule has 2 rings (SSSR count). The smallest absolute Gasteiger partial charge is 0.305 e. The Morgan fingerprint density at radius 1 is 1.67 bits per heavy atom. The first-order chi connectivity index (χ1) is 10.1. The molecule has 0 unspecified atom stereocenters. The number of carboxylic acid groups (broad SMARTS) is 1. The van der Waals surface area contributed by atoms with Gasteiger partial charge in [0, 0.05) is 6.54 Å². The lowest BCUT2D eigenvalue weighted by Crippen LogP contribution is -2.35. The van der Waals surface area contributed by atoms with Crippen LogP contribution in [0.25, 0.3) is 0 Å². The van der Waals surface area contributed by atoms with Crippen molar-refractivity contribution in [2.75, 3.05) is 24.7 Å². The fourth-order valence-corrected chi connectivity index (χ4v) is 2.42. The van der Waals surface area contributed by atoms with Crippen LogP contribution in [-0.4, -0.2) is 47.1 Å². The average molecular weight is 292 g/mol. The minimum absolute atomic E-state index is 0.0227. The maximum Gasteiger partial charge on any atom is 0.305 e. The van der Waals surface area contributed by atoms with E-state index in [1.807, 2.05) is 11.0 Å². The molecule has 0 bridgehead atoms. The summed E-state index contributed by atoms with van der Waals surface area (Å²) >= 11 is 0. The number of aromatic amines is 1. The topological polar surface area (TPSA) is 119 Å². The van der Waals surface area contributed by atoms with Gasteiger partial charge in [0.05, 0.1) is 37.6 Å². The lowest BCUT2D eigenvalue weighted by molar-refractivity contribution is -0.138. The molecule has 8 heteroatoms. The normalized spacial score (nSPS) is 17.7. The molecule has 0 aliphatic carbocycles. The Labute approximate surface area is 121 Å². The molecule has 1 aliphatic heterocycles. The summed E-state index contributed by atoms with van der Waals surface area (Å²) in [7, 11) is 0. The summed E-state index contributed by atoms with van der Waals surface area (Å²) in [5, 5.41) is 23.6. The van der Waals surface area contributed by atoms with Gasteiger partial charge in [-0.05, 0) is 12.8 Å². The van der Waals surface area contributed by atoms with Gasteiger partial charge in [-0.1, -0.05) is 0 Å². The molecule has 1 saturated heterocycles. The number of aromatic nitrogens is 2.